The second-order valence-corrected chi connectivity index (χ2v) is 7.23. The van der Waals surface area contributed by atoms with Crippen LogP contribution in [0, 0.1) is 0 Å². The van der Waals surface area contributed by atoms with Crippen LogP contribution in [0.1, 0.15) is 17.5 Å². The summed E-state index contributed by atoms with van der Waals surface area (Å²) in [6.45, 7) is 0.221. The number of esters is 1. The van der Waals surface area contributed by atoms with Crippen molar-refractivity contribution in [2.24, 2.45) is 0 Å². The third-order valence-corrected chi connectivity index (χ3v) is 4.55. The maximum Gasteiger partial charge on any atom is 0.306 e. The third kappa shape index (κ3) is 4.82. The van der Waals surface area contributed by atoms with Gasteiger partial charge in [0.05, 0.1) is 10.6 Å². The van der Waals surface area contributed by atoms with E-state index < -0.39 is 9.84 Å². The van der Waals surface area contributed by atoms with E-state index in [1.54, 1.807) is 12.1 Å². The predicted octanol–water partition coefficient (Wildman–Crippen LogP) is 2.35. The Labute approximate surface area is 136 Å². The first-order valence-electron chi connectivity index (χ1n) is 7.15. The number of aryl methyl sites for hydroxylation is 1. The minimum Gasteiger partial charge on any atom is -0.461 e. The Morgan fingerprint density at radius 1 is 1.09 bits per heavy atom. The summed E-state index contributed by atoms with van der Waals surface area (Å²) in [5.41, 5.74) is 7.63. The first-order valence-corrected chi connectivity index (χ1v) is 9.04. The first kappa shape index (κ1) is 17.0. The Kier molecular flexibility index (Phi) is 5.39. The second-order valence-electron chi connectivity index (χ2n) is 5.25. The van der Waals surface area contributed by atoms with E-state index in [0.29, 0.717) is 12.0 Å². The van der Waals surface area contributed by atoms with Crippen LogP contribution in [-0.2, 0) is 32.4 Å². The van der Waals surface area contributed by atoms with E-state index >= 15 is 0 Å². The van der Waals surface area contributed by atoms with Gasteiger partial charge in [0.25, 0.3) is 0 Å². The summed E-state index contributed by atoms with van der Waals surface area (Å²) in [7, 11) is -3.38. The van der Waals surface area contributed by atoms with Crippen LogP contribution in [0.3, 0.4) is 0 Å². The van der Waals surface area contributed by atoms with E-state index in [9.17, 15) is 13.2 Å². The van der Waals surface area contributed by atoms with Gasteiger partial charge in [-0.2, -0.15) is 0 Å². The van der Waals surface area contributed by atoms with Crippen molar-refractivity contribution in [1.82, 2.24) is 0 Å². The van der Waals surface area contributed by atoms with E-state index in [1.807, 2.05) is 30.3 Å². The molecule has 0 atom stereocenters. The van der Waals surface area contributed by atoms with Crippen molar-refractivity contribution in [2.45, 2.75) is 24.3 Å². The molecule has 0 aliphatic heterocycles. The molecule has 0 aliphatic rings. The SMILES string of the molecule is CS(=O)(=O)c1cccc(CCC(=O)OCc2ccccc2)c1N. The molecule has 0 saturated carbocycles. The van der Waals surface area contributed by atoms with Gasteiger partial charge in [0, 0.05) is 12.7 Å². The molecule has 0 unspecified atom stereocenters. The van der Waals surface area contributed by atoms with Crippen molar-refractivity contribution in [3.63, 3.8) is 0 Å². The van der Waals surface area contributed by atoms with Crippen molar-refractivity contribution in [2.75, 3.05) is 12.0 Å². The van der Waals surface area contributed by atoms with E-state index in [2.05, 4.69) is 0 Å². The highest BCUT2D eigenvalue weighted by Crippen LogP contribution is 2.23. The molecule has 0 radical (unpaired) electrons. The molecule has 23 heavy (non-hydrogen) atoms. The fourth-order valence-corrected chi connectivity index (χ4v) is 3.03. The Balaban J connectivity index is 1.94. The van der Waals surface area contributed by atoms with Gasteiger partial charge < -0.3 is 10.5 Å². The molecule has 2 aromatic carbocycles. The van der Waals surface area contributed by atoms with Crippen LogP contribution >= 0.6 is 0 Å². The average molecular weight is 333 g/mol. The molecule has 0 fully saturated rings. The van der Waals surface area contributed by atoms with E-state index in [0.717, 1.165) is 11.8 Å². The van der Waals surface area contributed by atoms with E-state index in [-0.39, 0.29) is 29.6 Å². The molecule has 0 aliphatic carbocycles. The van der Waals surface area contributed by atoms with Gasteiger partial charge in [0.1, 0.15) is 6.61 Å². The maximum absolute atomic E-state index is 11.8. The summed E-state index contributed by atoms with van der Waals surface area (Å²) in [6, 6.07) is 14.2. The van der Waals surface area contributed by atoms with Crippen LogP contribution in [0.25, 0.3) is 0 Å². The topological polar surface area (TPSA) is 86.5 Å². The Bertz CT molecular complexity index is 785. The first-order chi connectivity index (χ1) is 10.9. The summed E-state index contributed by atoms with van der Waals surface area (Å²) in [6.07, 6.45) is 1.59. The minimum atomic E-state index is -3.38. The Morgan fingerprint density at radius 2 is 1.78 bits per heavy atom. The summed E-state index contributed by atoms with van der Waals surface area (Å²) in [4.78, 5) is 11.9. The van der Waals surface area contributed by atoms with Crippen molar-refractivity contribution in [3.05, 3.63) is 59.7 Å². The molecule has 2 aromatic rings. The van der Waals surface area contributed by atoms with Gasteiger partial charge in [-0.05, 0) is 23.6 Å². The number of nitrogen functional groups attached to an aromatic ring is 1. The molecule has 5 nitrogen and oxygen atoms in total. The summed E-state index contributed by atoms with van der Waals surface area (Å²) >= 11 is 0. The number of ether oxygens (including phenoxy) is 1. The quantitative estimate of drug-likeness (QED) is 0.648. The lowest BCUT2D eigenvalue weighted by Gasteiger charge is -2.10. The number of anilines is 1. The zero-order valence-electron chi connectivity index (χ0n) is 12.9. The molecular formula is C17H19NO4S. The van der Waals surface area contributed by atoms with E-state index in [4.69, 9.17) is 10.5 Å². The lowest BCUT2D eigenvalue weighted by atomic mass is 10.1. The van der Waals surface area contributed by atoms with Crippen molar-refractivity contribution in [1.29, 1.82) is 0 Å². The highest BCUT2D eigenvalue weighted by Gasteiger charge is 2.15. The highest BCUT2D eigenvalue weighted by molar-refractivity contribution is 7.90. The number of hydrogen-bond acceptors (Lipinski definition) is 5. The average Bonchev–Trinajstić information content (AvgIpc) is 2.52. The number of sulfone groups is 1. The summed E-state index contributed by atoms with van der Waals surface area (Å²) in [5.74, 6) is -0.349. The largest absolute Gasteiger partial charge is 0.461 e. The van der Waals surface area contributed by atoms with Crippen LogP contribution < -0.4 is 5.73 Å². The van der Waals surface area contributed by atoms with Crippen LogP contribution in [0.5, 0.6) is 0 Å². The fraction of sp³-hybridized carbons (Fsp3) is 0.235. The standard InChI is InChI=1S/C17H19NO4S/c1-23(20,21)15-9-5-8-14(17(15)18)10-11-16(19)22-12-13-6-3-2-4-7-13/h2-9H,10-12,18H2,1H3. The van der Waals surface area contributed by atoms with Gasteiger partial charge in [-0.15, -0.1) is 0 Å². The smallest absolute Gasteiger partial charge is 0.306 e. The Morgan fingerprint density at radius 3 is 2.43 bits per heavy atom. The molecule has 0 bridgehead atoms. The number of nitrogens with two attached hydrogens (primary N) is 1. The molecule has 0 spiro atoms. The van der Waals surface area contributed by atoms with Gasteiger partial charge in [-0.3, -0.25) is 4.79 Å². The number of rotatable bonds is 6. The van der Waals surface area contributed by atoms with Gasteiger partial charge in [-0.25, -0.2) is 8.42 Å². The molecule has 0 heterocycles. The van der Waals surface area contributed by atoms with Gasteiger partial charge >= 0.3 is 5.97 Å². The van der Waals surface area contributed by atoms with Crippen molar-refractivity contribution in [3.8, 4) is 0 Å². The molecule has 0 aromatic heterocycles. The lowest BCUT2D eigenvalue weighted by Crippen LogP contribution is -2.09. The van der Waals surface area contributed by atoms with Crippen molar-refractivity contribution >= 4 is 21.5 Å². The number of para-hydroxylation sites is 1. The van der Waals surface area contributed by atoms with Crippen LogP contribution in [0.4, 0.5) is 5.69 Å². The van der Waals surface area contributed by atoms with Crippen molar-refractivity contribution < 1.29 is 17.9 Å². The van der Waals surface area contributed by atoms with Gasteiger partial charge in [-0.1, -0.05) is 42.5 Å². The molecule has 2 N–H and O–H groups in total. The number of carbonyl (C=O) groups is 1. The number of carbonyl (C=O) groups excluding carboxylic acids is 1. The normalized spacial score (nSPS) is 11.2. The van der Waals surface area contributed by atoms with Gasteiger partial charge in [0.2, 0.25) is 0 Å². The zero-order valence-corrected chi connectivity index (χ0v) is 13.7. The molecule has 0 amide bonds. The van der Waals surface area contributed by atoms with Crippen LogP contribution in [0.15, 0.2) is 53.4 Å². The monoisotopic (exact) mass is 333 g/mol. The molecule has 2 rings (SSSR count). The van der Waals surface area contributed by atoms with Crippen LogP contribution in [-0.4, -0.2) is 20.6 Å². The molecule has 0 saturated heterocycles. The van der Waals surface area contributed by atoms with Gasteiger partial charge in [0.15, 0.2) is 9.84 Å². The summed E-state index contributed by atoms with van der Waals surface area (Å²) in [5, 5.41) is 0. The molecule has 6 heteroatoms. The lowest BCUT2D eigenvalue weighted by molar-refractivity contribution is -0.144. The predicted molar refractivity (Wildman–Crippen MR) is 88.5 cm³/mol. The third-order valence-electron chi connectivity index (χ3n) is 3.40. The maximum atomic E-state index is 11.8. The zero-order chi connectivity index (χ0) is 16.9. The number of hydrogen-bond donors (Lipinski definition) is 1. The molecule has 122 valence electrons. The number of benzene rings is 2. The minimum absolute atomic E-state index is 0.0904. The fourth-order valence-electron chi connectivity index (χ4n) is 2.18. The molecular weight excluding hydrogens is 314 g/mol. The highest BCUT2D eigenvalue weighted by atomic mass is 32.2. The Hall–Kier alpha value is -2.34. The summed E-state index contributed by atoms with van der Waals surface area (Å²) < 4.78 is 28.5. The van der Waals surface area contributed by atoms with E-state index in [1.165, 1.54) is 6.07 Å². The second kappa shape index (κ2) is 7.28. The van der Waals surface area contributed by atoms with Crippen LogP contribution in [0.2, 0.25) is 0 Å².